The molecule has 1 nitrogen and oxygen atoms in total. The molecule has 290 valence electrons. The molecule has 0 aliphatic heterocycles. The van der Waals surface area contributed by atoms with E-state index in [0.29, 0.717) is 5.92 Å². The van der Waals surface area contributed by atoms with E-state index in [1.54, 1.807) is 22.3 Å². The van der Waals surface area contributed by atoms with Crippen molar-refractivity contribution in [3.8, 4) is 33.4 Å². The normalized spacial score (nSPS) is 27.8. The largest absolute Gasteiger partial charge is 0.310 e. The lowest BCUT2D eigenvalue weighted by Crippen LogP contribution is -2.48. The van der Waals surface area contributed by atoms with Crippen molar-refractivity contribution in [2.45, 2.75) is 82.0 Å². The summed E-state index contributed by atoms with van der Waals surface area (Å²) < 4.78 is 0. The van der Waals surface area contributed by atoms with Gasteiger partial charge in [-0.25, -0.2) is 0 Å². The topological polar surface area (TPSA) is 3.24 Å². The fourth-order valence-corrected chi connectivity index (χ4v) is 14.9. The lowest BCUT2D eigenvalue weighted by Gasteiger charge is -2.54. The lowest BCUT2D eigenvalue weighted by molar-refractivity contribution is 0.0557. The fraction of sp³-hybridized carbons (Fsp3) is 0.310. The molecule has 0 saturated heterocycles. The molecule has 0 heterocycles. The Morgan fingerprint density at radius 3 is 1.90 bits per heavy atom. The number of hydrogen-bond acceptors (Lipinski definition) is 1. The Bertz CT molecular complexity index is 2800. The average Bonchev–Trinajstić information content (AvgIpc) is 4.05. The van der Waals surface area contributed by atoms with Crippen LogP contribution in [0.3, 0.4) is 0 Å². The van der Waals surface area contributed by atoms with Crippen LogP contribution in [0.4, 0.5) is 17.1 Å². The van der Waals surface area contributed by atoms with Crippen molar-refractivity contribution in [3.63, 3.8) is 0 Å². The van der Waals surface area contributed by atoms with Crippen LogP contribution < -0.4 is 4.90 Å². The second-order valence-corrected chi connectivity index (χ2v) is 19.5. The van der Waals surface area contributed by atoms with E-state index >= 15 is 0 Å². The number of anilines is 3. The molecule has 7 atom stereocenters. The first-order valence-corrected chi connectivity index (χ1v) is 23.0. The van der Waals surface area contributed by atoms with Crippen LogP contribution in [0.5, 0.6) is 0 Å². The van der Waals surface area contributed by atoms with Crippen LogP contribution in [0.25, 0.3) is 44.2 Å². The minimum absolute atomic E-state index is 0.118. The van der Waals surface area contributed by atoms with Gasteiger partial charge in [-0.05, 0) is 171 Å². The van der Waals surface area contributed by atoms with Gasteiger partial charge in [-0.15, -0.1) is 0 Å². The number of fused-ring (bicyclic) bond motifs is 17. The van der Waals surface area contributed by atoms with Crippen molar-refractivity contribution in [2.24, 2.45) is 29.6 Å². The molecule has 4 bridgehead atoms. The highest BCUT2D eigenvalue weighted by molar-refractivity contribution is 5.97. The van der Waals surface area contributed by atoms with Crippen LogP contribution in [-0.2, 0) is 10.8 Å². The Hall–Kier alpha value is -5.40. The highest BCUT2D eigenvalue weighted by Gasteiger charge is 2.58. The van der Waals surface area contributed by atoms with E-state index in [1.807, 2.05) is 0 Å². The maximum absolute atomic E-state index is 2.59. The predicted molar refractivity (Wildman–Crippen MR) is 246 cm³/mol. The fourth-order valence-electron chi connectivity index (χ4n) is 14.9. The molecule has 0 N–H and O–H groups in total. The highest BCUT2D eigenvalue weighted by atomic mass is 15.1. The van der Waals surface area contributed by atoms with Gasteiger partial charge in [0.2, 0.25) is 0 Å². The van der Waals surface area contributed by atoms with Crippen molar-refractivity contribution in [3.05, 3.63) is 174 Å². The van der Waals surface area contributed by atoms with E-state index in [0.717, 1.165) is 23.7 Å². The first-order chi connectivity index (χ1) is 29.1. The van der Waals surface area contributed by atoms with Gasteiger partial charge in [-0.3, -0.25) is 0 Å². The maximum Gasteiger partial charge on any atom is 0.0468 e. The third-order valence-electron chi connectivity index (χ3n) is 17.1. The van der Waals surface area contributed by atoms with E-state index in [1.165, 1.54) is 125 Å². The zero-order chi connectivity index (χ0) is 38.9. The van der Waals surface area contributed by atoms with Crippen LogP contribution in [0.15, 0.2) is 152 Å². The van der Waals surface area contributed by atoms with Crippen LogP contribution in [0.2, 0.25) is 0 Å². The summed E-state index contributed by atoms with van der Waals surface area (Å²) in [6.07, 6.45) is 13.7. The summed E-state index contributed by atoms with van der Waals surface area (Å²) in [4.78, 5) is 2.57. The molecular formula is C58H53N. The van der Waals surface area contributed by atoms with Crippen LogP contribution in [0, 0.1) is 29.6 Å². The van der Waals surface area contributed by atoms with Crippen molar-refractivity contribution in [1.29, 1.82) is 0 Å². The molecule has 0 aromatic heterocycles. The second kappa shape index (κ2) is 12.8. The van der Waals surface area contributed by atoms with Gasteiger partial charge >= 0.3 is 0 Å². The van der Waals surface area contributed by atoms with E-state index in [2.05, 4.69) is 163 Å². The molecule has 7 unspecified atom stereocenters. The van der Waals surface area contributed by atoms with E-state index in [9.17, 15) is 0 Å². The van der Waals surface area contributed by atoms with Crippen LogP contribution in [-0.4, -0.2) is 0 Å². The molecule has 4 saturated carbocycles. The Morgan fingerprint density at radius 2 is 1.12 bits per heavy atom. The van der Waals surface area contributed by atoms with Crippen molar-refractivity contribution in [1.82, 2.24) is 0 Å². The van der Waals surface area contributed by atoms with E-state index < -0.39 is 0 Å². The SMILES string of the molecule is CCC1CC2CCCC(C2)C12c1ccccc1-c1cc(N(c3ccc(-c4cccc5ccccc45)cc3)c3ccc4c(c3)-c3ccccc3C43CC4CCC3C4)ccc12. The summed E-state index contributed by atoms with van der Waals surface area (Å²) in [7, 11) is 0. The molecule has 59 heavy (non-hydrogen) atoms. The third kappa shape index (κ3) is 4.68. The smallest absolute Gasteiger partial charge is 0.0468 e. The van der Waals surface area contributed by atoms with Gasteiger partial charge in [0.15, 0.2) is 0 Å². The number of hydrogen-bond donors (Lipinski definition) is 0. The van der Waals surface area contributed by atoms with E-state index in [-0.39, 0.29) is 10.8 Å². The molecule has 2 spiro atoms. The summed E-state index contributed by atoms with van der Waals surface area (Å²) in [5.41, 5.74) is 18.8. The van der Waals surface area contributed by atoms with Gasteiger partial charge in [0.1, 0.15) is 0 Å². The Labute approximate surface area is 350 Å². The molecule has 0 radical (unpaired) electrons. The molecule has 0 amide bonds. The molecule has 7 aromatic carbocycles. The monoisotopic (exact) mass is 763 g/mol. The molecule has 6 aliphatic carbocycles. The molecule has 7 aromatic rings. The van der Waals surface area contributed by atoms with Gasteiger partial charge in [0.05, 0.1) is 0 Å². The highest BCUT2D eigenvalue weighted by Crippen LogP contribution is 2.67. The summed E-state index contributed by atoms with van der Waals surface area (Å²) in [5, 5.41) is 2.58. The minimum Gasteiger partial charge on any atom is -0.310 e. The summed E-state index contributed by atoms with van der Waals surface area (Å²) in [6, 6.07) is 59.2. The first-order valence-electron chi connectivity index (χ1n) is 23.0. The molecule has 13 rings (SSSR count). The Kier molecular flexibility index (Phi) is 7.48. The summed E-state index contributed by atoms with van der Waals surface area (Å²) in [5.74, 6) is 3.93. The average molecular weight is 764 g/mol. The standard InChI is InChI=1S/C58H53N/c1-2-41-31-37-11-9-14-43(32-37)58(41)55-20-8-6-17-50(55)52-35-46(28-30-56(52)58)59(44-25-22-40(23-26-44)48-18-10-13-39-12-3-4-15-47(39)48)45-27-29-54-51(34-45)49-16-5-7-19-53(49)57(54)36-38-21-24-42(57)33-38/h3-8,10,12-13,15-20,22-23,25-30,34-35,37-38,41-43H,2,9,11,14,21,24,31-33,36H2,1H3. The number of benzene rings is 7. The minimum atomic E-state index is 0.118. The van der Waals surface area contributed by atoms with Gasteiger partial charge in [-0.1, -0.05) is 148 Å². The van der Waals surface area contributed by atoms with Crippen molar-refractivity contribution < 1.29 is 0 Å². The van der Waals surface area contributed by atoms with E-state index in [4.69, 9.17) is 0 Å². The van der Waals surface area contributed by atoms with Gasteiger partial charge < -0.3 is 4.90 Å². The van der Waals surface area contributed by atoms with Crippen LogP contribution >= 0.6 is 0 Å². The molecule has 1 heteroatoms. The predicted octanol–water partition coefficient (Wildman–Crippen LogP) is 15.6. The first kappa shape index (κ1) is 34.5. The van der Waals surface area contributed by atoms with Gasteiger partial charge in [0.25, 0.3) is 0 Å². The molecule has 4 fully saturated rings. The van der Waals surface area contributed by atoms with Crippen LogP contribution in [0.1, 0.15) is 93.4 Å². The summed E-state index contributed by atoms with van der Waals surface area (Å²) in [6.45, 7) is 2.47. The van der Waals surface area contributed by atoms with Gasteiger partial charge in [-0.2, -0.15) is 0 Å². The zero-order valence-electron chi connectivity index (χ0n) is 34.3. The third-order valence-corrected chi connectivity index (χ3v) is 17.1. The second-order valence-electron chi connectivity index (χ2n) is 19.5. The number of nitrogens with zero attached hydrogens (tertiary/aromatic N) is 1. The number of rotatable bonds is 5. The quantitative estimate of drug-likeness (QED) is 0.169. The van der Waals surface area contributed by atoms with Gasteiger partial charge in [0, 0.05) is 27.9 Å². The van der Waals surface area contributed by atoms with Crippen molar-refractivity contribution in [2.75, 3.05) is 4.90 Å². The zero-order valence-corrected chi connectivity index (χ0v) is 34.3. The Morgan fingerprint density at radius 1 is 0.492 bits per heavy atom. The molecule has 6 aliphatic rings. The maximum atomic E-state index is 2.59. The molecular weight excluding hydrogens is 711 g/mol. The lowest BCUT2D eigenvalue weighted by atomic mass is 9.50. The summed E-state index contributed by atoms with van der Waals surface area (Å²) >= 11 is 0. The Balaban J connectivity index is 0.995. The van der Waals surface area contributed by atoms with Crippen molar-refractivity contribution >= 4 is 27.8 Å².